The minimum absolute atomic E-state index is 0.0740. The second-order valence-electron chi connectivity index (χ2n) is 5.82. The van der Waals surface area contributed by atoms with E-state index in [1.807, 2.05) is 11.8 Å². The van der Waals surface area contributed by atoms with Crippen LogP contribution in [0.15, 0.2) is 6.20 Å². The minimum Gasteiger partial charge on any atom is -0.394 e. The Kier molecular flexibility index (Phi) is 5.87. The average Bonchev–Trinajstić information content (AvgIpc) is 3.04. The maximum atomic E-state index is 12.9. The van der Waals surface area contributed by atoms with Crippen molar-refractivity contribution in [2.24, 2.45) is 11.7 Å². The van der Waals surface area contributed by atoms with E-state index in [2.05, 4.69) is 22.6 Å². The highest BCUT2D eigenvalue weighted by Crippen LogP contribution is 2.24. The van der Waals surface area contributed by atoms with Crippen LogP contribution >= 0.6 is 0 Å². The number of aliphatic hydroxyl groups excluding tert-OH is 1. The van der Waals surface area contributed by atoms with E-state index in [0.29, 0.717) is 18.8 Å². The van der Waals surface area contributed by atoms with Crippen molar-refractivity contribution < 1.29 is 9.90 Å². The largest absolute Gasteiger partial charge is 0.394 e. The van der Waals surface area contributed by atoms with Gasteiger partial charge in [-0.05, 0) is 5.92 Å². The maximum Gasteiger partial charge on any atom is 0.247 e. The SMILES string of the molecule is CCC(C)C(C(=O)N1CCNCC1)n1cc([C@@H](N)CO)nn1. The summed E-state index contributed by atoms with van der Waals surface area (Å²) in [5.74, 6) is 0.215. The van der Waals surface area contributed by atoms with Crippen LogP contribution in [0.25, 0.3) is 0 Å². The molecule has 124 valence electrons. The fraction of sp³-hybridized carbons (Fsp3) is 0.786. The lowest BCUT2D eigenvalue weighted by Gasteiger charge is -2.32. The predicted molar refractivity (Wildman–Crippen MR) is 82.0 cm³/mol. The van der Waals surface area contributed by atoms with Crippen LogP contribution in [0.2, 0.25) is 0 Å². The lowest BCUT2D eigenvalue weighted by molar-refractivity contribution is -0.137. The molecule has 1 saturated heterocycles. The summed E-state index contributed by atoms with van der Waals surface area (Å²) in [7, 11) is 0. The Morgan fingerprint density at radius 1 is 1.50 bits per heavy atom. The summed E-state index contributed by atoms with van der Waals surface area (Å²) in [4.78, 5) is 14.8. The van der Waals surface area contributed by atoms with E-state index in [1.54, 1.807) is 10.9 Å². The highest BCUT2D eigenvalue weighted by molar-refractivity contribution is 5.80. The fourth-order valence-corrected chi connectivity index (χ4v) is 2.60. The standard InChI is InChI=1S/C14H26N6O2/c1-3-10(2)13(14(22)19-6-4-16-5-7-19)20-8-12(17-18-20)11(15)9-21/h8,10-11,13,16,21H,3-7,9,15H2,1-2H3/t10?,11-,13?/m0/s1. The smallest absolute Gasteiger partial charge is 0.247 e. The van der Waals surface area contributed by atoms with Gasteiger partial charge in [0.25, 0.3) is 0 Å². The molecule has 8 nitrogen and oxygen atoms in total. The summed E-state index contributed by atoms with van der Waals surface area (Å²) in [5.41, 5.74) is 6.27. The zero-order valence-electron chi connectivity index (χ0n) is 13.3. The molecule has 0 radical (unpaired) electrons. The number of piperazine rings is 1. The van der Waals surface area contributed by atoms with Crippen molar-refractivity contribution in [1.82, 2.24) is 25.2 Å². The molecule has 4 N–H and O–H groups in total. The topological polar surface area (TPSA) is 109 Å². The van der Waals surface area contributed by atoms with E-state index in [9.17, 15) is 4.79 Å². The molecule has 3 atom stereocenters. The van der Waals surface area contributed by atoms with Crippen molar-refractivity contribution in [2.45, 2.75) is 32.4 Å². The van der Waals surface area contributed by atoms with Crippen LogP contribution in [0.5, 0.6) is 0 Å². The molecule has 22 heavy (non-hydrogen) atoms. The Labute approximate surface area is 130 Å². The summed E-state index contributed by atoms with van der Waals surface area (Å²) in [6.45, 7) is 6.96. The van der Waals surface area contributed by atoms with E-state index >= 15 is 0 Å². The third kappa shape index (κ3) is 3.63. The van der Waals surface area contributed by atoms with Gasteiger partial charge < -0.3 is 21.1 Å². The Balaban J connectivity index is 2.21. The van der Waals surface area contributed by atoms with Crippen LogP contribution in [0.1, 0.15) is 38.0 Å². The molecule has 2 rings (SSSR count). The molecule has 1 aliphatic heterocycles. The molecule has 2 unspecified atom stereocenters. The molecule has 0 spiro atoms. The summed E-state index contributed by atoms with van der Waals surface area (Å²) >= 11 is 0. The monoisotopic (exact) mass is 310 g/mol. The molecule has 0 aliphatic carbocycles. The first-order valence-corrected chi connectivity index (χ1v) is 7.86. The first-order chi connectivity index (χ1) is 10.6. The number of nitrogens with two attached hydrogens (primary N) is 1. The molecule has 0 aromatic carbocycles. The zero-order valence-corrected chi connectivity index (χ0v) is 13.3. The van der Waals surface area contributed by atoms with Crippen molar-refractivity contribution in [1.29, 1.82) is 0 Å². The maximum absolute atomic E-state index is 12.9. The van der Waals surface area contributed by atoms with Crippen molar-refractivity contribution in [3.63, 3.8) is 0 Å². The Morgan fingerprint density at radius 2 is 2.18 bits per heavy atom. The van der Waals surface area contributed by atoms with Gasteiger partial charge in [0.1, 0.15) is 11.7 Å². The van der Waals surface area contributed by atoms with Gasteiger partial charge >= 0.3 is 0 Å². The predicted octanol–water partition coefficient (Wildman–Crippen LogP) is -0.711. The molecule has 1 fully saturated rings. The zero-order chi connectivity index (χ0) is 16.1. The van der Waals surface area contributed by atoms with Gasteiger partial charge in [-0.25, -0.2) is 4.68 Å². The van der Waals surface area contributed by atoms with Crippen LogP contribution in [0.3, 0.4) is 0 Å². The van der Waals surface area contributed by atoms with Crippen molar-refractivity contribution in [2.75, 3.05) is 32.8 Å². The fourth-order valence-electron chi connectivity index (χ4n) is 2.60. The highest BCUT2D eigenvalue weighted by Gasteiger charge is 2.32. The van der Waals surface area contributed by atoms with Gasteiger partial charge in [0, 0.05) is 26.2 Å². The molecular formula is C14H26N6O2. The second-order valence-corrected chi connectivity index (χ2v) is 5.82. The van der Waals surface area contributed by atoms with Crippen molar-refractivity contribution >= 4 is 5.91 Å². The van der Waals surface area contributed by atoms with Crippen LogP contribution in [0, 0.1) is 5.92 Å². The Bertz CT molecular complexity index is 485. The lowest BCUT2D eigenvalue weighted by atomic mass is 9.97. The number of aliphatic hydroxyl groups is 1. The van der Waals surface area contributed by atoms with E-state index in [0.717, 1.165) is 19.5 Å². The third-order valence-electron chi connectivity index (χ3n) is 4.25. The summed E-state index contributed by atoms with van der Waals surface area (Å²) in [6, 6.07) is -0.948. The van der Waals surface area contributed by atoms with Crippen LogP contribution in [0.4, 0.5) is 0 Å². The molecule has 0 saturated carbocycles. The molecule has 1 aromatic heterocycles. The van der Waals surface area contributed by atoms with Crippen LogP contribution in [-0.2, 0) is 4.79 Å². The van der Waals surface area contributed by atoms with Gasteiger partial charge in [-0.15, -0.1) is 5.10 Å². The van der Waals surface area contributed by atoms with E-state index < -0.39 is 6.04 Å². The number of hydrogen-bond donors (Lipinski definition) is 3. The number of hydrogen-bond acceptors (Lipinski definition) is 6. The van der Waals surface area contributed by atoms with Gasteiger partial charge in [0.05, 0.1) is 18.8 Å². The van der Waals surface area contributed by atoms with E-state index in [-0.39, 0.29) is 24.5 Å². The van der Waals surface area contributed by atoms with Gasteiger partial charge in [-0.1, -0.05) is 25.5 Å². The first kappa shape index (κ1) is 16.9. The molecule has 8 heteroatoms. The number of nitrogens with zero attached hydrogens (tertiary/aromatic N) is 4. The van der Waals surface area contributed by atoms with Crippen LogP contribution in [-0.4, -0.2) is 63.7 Å². The Morgan fingerprint density at radius 3 is 2.77 bits per heavy atom. The number of nitrogens with one attached hydrogen (secondary N) is 1. The van der Waals surface area contributed by atoms with Gasteiger partial charge in [0.15, 0.2) is 0 Å². The van der Waals surface area contributed by atoms with Gasteiger partial charge in [-0.3, -0.25) is 4.79 Å². The number of aromatic nitrogens is 3. The summed E-state index contributed by atoms with van der Waals surface area (Å²) < 4.78 is 1.60. The molecule has 0 bridgehead atoms. The normalized spacial score (nSPS) is 19.7. The number of amides is 1. The number of rotatable bonds is 6. The van der Waals surface area contributed by atoms with Gasteiger partial charge in [0.2, 0.25) is 5.91 Å². The third-order valence-corrected chi connectivity index (χ3v) is 4.25. The molecule has 1 aromatic rings. The summed E-state index contributed by atoms with van der Waals surface area (Å²) in [5, 5.41) is 20.4. The minimum atomic E-state index is -0.569. The van der Waals surface area contributed by atoms with Crippen molar-refractivity contribution in [3.05, 3.63) is 11.9 Å². The number of carbonyl (C=O) groups is 1. The van der Waals surface area contributed by atoms with Crippen LogP contribution < -0.4 is 11.1 Å². The number of carbonyl (C=O) groups excluding carboxylic acids is 1. The van der Waals surface area contributed by atoms with Gasteiger partial charge in [-0.2, -0.15) is 0 Å². The highest BCUT2D eigenvalue weighted by atomic mass is 16.3. The summed E-state index contributed by atoms with van der Waals surface area (Å²) in [6.07, 6.45) is 2.54. The quantitative estimate of drug-likeness (QED) is 0.640. The van der Waals surface area contributed by atoms with E-state index in [1.165, 1.54) is 0 Å². The molecular weight excluding hydrogens is 284 g/mol. The molecule has 1 aliphatic rings. The van der Waals surface area contributed by atoms with E-state index in [4.69, 9.17) is 10.8 Å². The average molecular weight is 310 g/mol. The molecule has 1 amide bonds. The Hall–Kier alpha value is -1.51. The lowest BCUT2D eigenvalue weighted by Crippen LogP contribution is -2.49. The van der Waals surface area contributed by atoms with Crippen molar-refractivity contribution in [3.8, 4) is 0 Å². The second kappa shape index (κ2) is 7.66. The molecule has 2 heterocycles. The first-order valence-electron chi connectivity index (χ1n) is 7.86.